The normalized spacial score (nSPS) is 12.1. The minimum atomic E-state index is -0.657. The van der Waals surface area contributed by atoms with Crippen molar-refractivity contribution in [3.05, 3.63) is 65.2 Å². The van der Waals surface area contributed by atoms with Crippen LogP contribution in [-0.4, -0.2) is 50.3 Å². The summed E-state index contributed by atoms with van der Waals surface area (Å²) in [6.45, 7) is 10.7. The van der Waals surface area contributed by atoms with Crippen molar-refractivity contribution in [1.29, 1.82) is 0 Å². The highest BCUT2D eigenvalue weighted by Gasteiger charge is 2.23. The summed E-state index contributed by atoms with van der Waals surface area (Å²) in [6.07, 6.45) is 1.54. The maximum Gasteiger partial charge on any atom is 0.414 e. The Bertz CT molecular complexity index is 992. The van der Waals surface area contributed by atoms with Gasteiger partial charge in [0.2, 0.25) is 0 Å². The molecule has 7 heteroatoms. The molecule has 0 aromatic heterocycles. The summed E-state index contributed by atoms with van der Waals surface area (Å²) >= 11 is 0. The smallest absolute Gasteiger partial charge is 0.414 e. The molecule has 196 valence electrons. The zero-order valence-corrected chi connectivity index (χ0v) is 22.3. The number of hydrogen-bond acceptors (Lipinski definition) is 6. The first kappa shape index (κ1) is 29.0. The van der Waals surface area contributed by atoms with Crippen molar-refractivity contribution >= 4 is 23.5 Å². The molecule has 0 aliphatic rings. The van der Waals surface area contributed by atoms with Gasteiger partial charge in [-0.05, 0) is 69.4 Å². The van der Waals surface area contributed by atoms with Gasteiger partial charge in [-0.2, -0.15) is 0 Å². The van der Waals surface area contributed by atoms with Gasteiger partial charge in [-0.15, -0.1) is 0 Å². The van der Waals surface area contributed by atoms with Crippen LogP contribution in [0.2, 0.25) is 0 Å². The van der Waals surface area contributed by atoms with E-state index in [1.54, 1.807) is 45.0 Å². The van der Waals surface area contributed by atoms with Gasteiger partial charge in [0, 0.05) is 24.3 Å². The van der Waals surface area contributed by atoms with Crippen molar-refractivity contribution < 1.29 is 28.6 Å². The van der Waals surface area contributed by atoms with Gasteiger partial charge < -0.3 is 14.2 Å². The molecule has 36 heavy (non-hydrogen) atoms. The van der Waals surface area contributed by atoms with Crippen LogP contribution < -0.4 is 4.90 Å². The molecule has 1 amide bonds. The highest BCUT2D eigenvalue weighted by Crippen LogP contribution is 2.21. The van der Waals surface area contributed by atoms with Crippen molar-refractivity contribution in [3.8, 4) is 0 Å². The molecule has 1 unspecified atom stereocenters. The zero-order valence-electron chi connectivity index (χ0n) is 22.3. The minimum Gasteiger partial charge on any atom is -0.465 e. The number of ketones is 1. The molecule has 0 N–H and O–H groups in total. The number of amides is 1. The summed E-state index contributed by atoms with van der Waals surface area (Å²) < 4.78 is 16.0. The highest BCUT2D eigenvalue weighted by atomic mass is 16.6. The molecule has 7 nitrogen and oxygen atoms in total. The van der Waals surface area contributed by atoms with Gasteiger partial charge in [0.25, 0.3) is 0 Å². The molecule has 0 saturated heterocycles. The van der Waals surface area contributed by atoms with E-state index in [2.05, 4.69) is 13.8 Å². The van der Waals surface area contributed by atoms with E-state index in [1.807, 2.05) is 24.3 Å². The molecule has 2 aromatic rings. The van der Waals surface area contributed by atoms with Gasteiger partial charge in [0.15, 0.2) is 5.78 Å². The second kappa shape index (κ2) is 13.8. The molecular formula is C29H39NO6. The third kappa shape index (κ3) is 9.11. The van der Waals surface area contributed by atoms with Crippen LogP contribution in [0.1, 0.15) is 86.1 Å². The molecule has 0 heterocycles. The molecule has 0 fully saturated rings. The second-order valence-electron chi connectivity index (χ2n) is 9.74. The first-order chi connectivity index (χ1) is 17.1. The van der Waals surface area contributed by atoms with Gasteiger partial charge in [0.05, 0.1) is 25.8 Å². The predicted molar refractivity (Wildman–Crippen MR) is 141 cm³/mol. The monoisotopic (exact) mass is 497 g/mol. The van der Waals surface area contributed by atoms with Gasteiger partial charge in [-0.25, -0.2) is 9.59 Å². The van der Waals surface area contributed by atoms with E-state index in [9.17, 15) is 14.4 Å². The number of esters is 1. The number of rotatable bonds is 12. The Morgan fingerprint density at radius 2 is 1.53 bits per heavy atom. The highest BCUT2D eigenvalue weighted by molar-refractivity contribution is 5.96. The second-order valence-corrected chi connectivity index (χ2v) is 9.74. The Kier molecular flexibility index (Phi) is 11.1. The molecule has 0 aliphatic carbocycles. The predicted octanol–water partition coefficient (Wildman–Crippen LogP) is 6.41. The van der Waals surface area contributed by atoms with Gasteiger partial charge in [0.1, 0.15) is 5.60 Å². The number of benzene rings is 2. The number of methoxy groups -OCH3 is 1. The van der Waals surface area contributed by atoms with E-state index in [0.717, 1.165) is 6.42 Å². The Labute approximate surface area is 214 Å². The lowest BCUT2D eigenvalue weighted by atomic mass is 9.96. The first-order valence-corrected chi connectivity index (χ1v) is 12.5. The minimum absolute atomic E-state index is 0.0929. The number of nitrogens with zero attached hydrogens (tertiary/aromatic N) is 1. The van der Waals surface area contributed by atoms with Gasteiger partial charge in [-0.1, -0.05) is 38.1 Å². The van der Waals surface area contributed by atoms with Crippen LogP contribution in [0.4, 0.5) is 10.5 Å². The van der Waals surface area contributed by atoms with E-state index in [-0.39, 0.29) is 18.9 Å². The summed E-state index contributed by atoms with van der Waals surface area (Å²) in [7, 11) is 1.32. The lowest BCUT2D eigenvalue weighted by molar-refractivity contribution is 0.0558. The molecular weight excluding hydrogens is 458 g/mol. The first-order valence-electron chi connectivity index (χ1n) is 12.5. The molecule has 2 aromatic carbocycles. The standard InChI is InChI=1S/C29H39NO6/c1-7-21(2)22-10-12-23(13-11-22)26(31)9-8-19-35-20-18-30(28(33)36-29(3,4)5)25-16-14-24(15-17-25)27(32)34-6/h10-17,21H,7-9,18-20H2,1-6H3. The van der Waals surface area contributed by atoms with Crippen LogP contribution in [0.3, 0.4) is 0 Å². The fraction of sp³-hybridized carbons (Fsp3) is 0.483. The van der Waals surface area contributed by atoms with Crippen LogP contribution in [0, 0.1) is 0 Å². The number of ether oxygens (including phenoxy) is 3. The molecule has 0 bridgehead atoms. The lowest BCUT2D eigenvalue weighted by Crippen LogP contribution is -2.39. The van der Waals surface area contributed by atoms with Crippen molar-refractivity contribution in [1.82, 2.24) is 0 Å². The summed E-state index contributed by atoms with van der Waals surface area (Å²) in [6, 6.07) is 14.4. The summed E-state index contributed by atoms with van der Waals surface area (Å²) in [5.74, 6) is 0.124. The SMILES string of the molecule is CCC(C)c1ccc(C(=O)CCCOCCN(C(=O)OC(C)(C)C)c2ccc(C(=O)OC)cc2)cc1. The molecule has 0 radical (unpaired) electrons. The van der Waals surface area contributed by atoms with Crippen molar-refractivity contribution in [3.63, 3.8) is 0 Å². The summed E-state index contributed by atoms with van der Waals surface area (Å²) in [5, 5.41) is 0. The maximum absolute atomic E-state index is 12.8. The van der Waals surface area contributed by atoms with E-state index in [1.165, 1.54) is 17.6 Å². The largest absolute Gasteiger partial charge is 0.465 e. The van der Waals surface area contributed by atoms with E-state index >= 15 is 0 Å². The average molecular weight is 498 g/mol. The van der Waals surface area contributed by atoms with Crippen molar-refractivity contribution in [2.45, 2.75) is 65.4 Å². The number of hydrogen-bond donors (Lipinski definition) is 0. The third-order valence-corrected chi connectivity index (χ3v) is 5.78. The molecule has 1 atom stereocenters. The number of carbonyl (C=O) groups excluding carboxylic acids is 3. The van der Waals surface area contributed by atoms with E-state index in [0.29, 0.717) is 42.2 Å². The Balaban J connectivity index is 1.87. The molecule has 0 spiro atoms. The molecule has 2 rings (SSSR count). The zero-order chi connectivity index (χ0) is 26.7. The average Bonchev–Trinajstić information content (AvgIpc) is 2.86. The fourth-order valence-electron chi connectivity index (χ4n) is 3.51. The van der Waals surface area contributed by atoms with Crippen LogP contribution in [0.5, 0.6) is 0 Å². The van der Waals surface area contributed by atoms with Crippen LogP contribution in [-0.2, 0) is 14.2 Å². The van der Waals surface area contributed by atoms with Crippen LogP contribution >= 0.6 is 0 Å². The van der Waals surface area contributed by atoms with E-state index < -0.39 is 17.7 Å². The molecule has 0 aliphatic heterocycles. The maximum atomic E-state index is 12.8. The van der Waals surface area contributed by atoms with Crippen molar-refractivity contribution in [2.75, 3.05) is 31.8 Å². The Hall–Kier alpha value is -3.19. The lowest BCUT2D eigenvalue weighted by Gasteiger charge is -2.27. The van der Waals surface area contributed by atoms with Crippen LogP contribution in [0.15, 0.2) is 48.5 Å². The molecule has 0 saturated carbocycles. The van der Waals surface area contributed by atoms with Gasteiger partial charge >= 0.3 is 12.1 Å². The fourth-order valence-corrected chi connectivity index (χ4v) is 3.51. The Morgan fingerprint density at radius 1 is 0.917 bits per heavy atom. The van der Waals surface area contributed by atoms with Crippen LogP contribution in [0.25, 0.3) is 0 Å². The number of anilines is 1. The summed E-state index contributed by atoms with van der Waals surface area (Å²) in [4.78, 5) is 38.5. The number of Topliss-reactive ketones (excluding diaryl/α,β-unsaturated/α-hetero) is 1. The summed E-state index contributed by atoms with van der Waals surface area (Å²) in [5.41, 5.74) is 2.27. The quantitative estimate of drug-likeness (QED) is 0.191. The number of carbonyl (C=O) groups is 3. The third-order valence-electron chi connectivity index (χ3n) is 5.78. The van der Waals surface area contributed by atoms with Gasteiger partial charge in [-0.3, -0.25) is 9.69 Å². The Morgan fingerprint density at radius 3 is 2.08 bits per heavy atom. The van der Waals surface area contributed by atoms with E-state index in [4.69, 9.17) is 14.2 Å². The van der Waals surface area contributed by atoms with Crippen molar-refractivity contribution in [2.24, 2.45) is 0 Å². The topological polar surface area (TPSA) is 82.1 Å².